The van der Waals surface area contributed by atoms with E-state index >= 15 is 0 Å². The van der Waals surface area contributed by atoms with Gasteiger partial charge < -0.3 is 19.5 Å². The first-order valence-corrected chi connectivity index (χ1v) is 6.20. The smallest absolute Gasteiger partial charge is 0.161 e. The van der Waals surface area contributed by atoms with Gasteiger partial charge in [-0.2, -0.15) is 0 Å². The molecule has 0 aliphatic carbocycles. The highest BCUT2D eigenvalue weighted by atomic mass is 16.5. The van der Waals surface area contributed by atoms with Crippen molar-refractivity contribution in [2.45, 2.75) is 26.5 Å². The van der Waals surface area contributed by atoms with E-state index < -0.39 is 0 Å². The first-order chi connectivity index (χ1) is 8.67. The Labute approximate surface area is 109 Å². The molecule has 1 aromatic rings. The predicted molar refractivity (Wildman–Crippen MR) is 72.3 cm³/mol. The highest BCUT2D eigenvalue weighted by Crippen LogP contribution is 2.27. The number of hydrogen-bond donors (Lipinski definition) is 1. The third-order valence-corrected chi connectivity index (χ3v) is 2.51. The highest BCUT2D eigenvalue weighted by molar-refractivity contribution is 5.42. The molecule has 1 rings (SSSR count). The SMILES string of the molecule is COc1ccc(CNCCOC(C)C)cc1OC. The van der Waals surface area contributed by atoms with Gasteiger partial charge in [-0.15, -0.1) is 0 Å². The molecule has 0 saturated heterocycles. The number of nitrogens with one attached hydrogen (secondary N) is 1. The molecule has 1 N–H and O–H groups in total. The molecule has 18 heavy (non-hydrogen) atoms. The summed E-state index contributed by atoms with van der Waals surface area (Å²) in [4.78, 5) is 0. The summed E-state index contributed by atoms with van der Waals surface area (Å²) in [5.74, 6) is 1.51. The quantitative estimate of drug-likeness (QED) is 0.721. The molecule has 0 heterocycles. The maximum Gasteiger partial charge on any atom is 0.161 e. The van der Waals surface area contributed by atoms with Crippen LogP contribution < -0.4 is 14.8 Å². The fraction of sp³-hybridized carbons (Fsp3) is 0.571. The third kappa shape index (κ3) is 4.94. The molecule has 0 saturated carbocycles. The van der Waals surface area contributed by atoms with E-state index in [9.17, 15) is 0 Å². The van der Waals surface area contributed by atoms with Crippen LogP contribution in [0.2, 0.25) is 0 Å². The minimum absolute atomic E-state index is 0.285. The average Bonchev–Trinajstić information content (AvgIpc) is 2.37. The molecule has 1 aromatic carbocycles. The Morgan fingerprint density at radius 2 is 1.83 bits per heavy atom. The van der Waals surface area contributed by atoms with Crippen molar-refractivity contribution in [1.29, 1.82) is 0 Å². The summed E-state index contributed by atoms with van der Waals surface area (Å²) in [6.45, 7) is 6.43. The average molecular weight is 253 g/mol. The zero-order valence-electron chi connectivity index (χ0n) is 11.7. The minimum atomic E-state index is 0.285. The van der Waals surface area contributed by atoms with Crippen molar-refractivity contribution in [2.24, 2.45) is 0 Å². The normalized spacial score (nSPS) is 10.7. The molecule has 102 valence electrons. The van der Waals surface area contributed by atoms with Gasteiger partial charge in [-0.25, -0.2) is 0 Å². The monoisotopic (exact) mass is 253 g/mol. The Kier molecular flexibility index (Phi) is 6.54. The summed E-state index contributed by atoms with van der Waals surface area (Å²) in [7, 11) is 3.28. The Balaban J connectivity index is 2.38. The molecule has 4 heteroatoms. The van der Waals surface area contributed by atoms with Crippen LogP contribution in [0, 0.1) is 0 Å². The molecule has 0 aromatic heterocycles. The Morgan fingerprint density at radius 1 is 1.11 bits per heavy atom. The summed E-state index contributed by atoms with van der Waals surface area (Å²) < 4.78 is 15.9. The van der Waals surface area contributed by atoms with Crippen molar-refractivity contribution in [3.05, 3.63) is 23.8 Å². The Morgan fingerprint density at radius 3 is 2.44 bits per heavy atom. The lowest BCUT2D eigenvalue weighted by Gasteiger charge is -2.11. The number of ether oxygens (including phenoxy) is 3. The Hall–Kier alpha value is -1.26. The summed E-state index contributed by atoms with van der Waals surface area (Å²) in [5.41, 5.74) is 1.16. The number of hydrogen-bond acceptors (Lipinski definition) is 4. The van der Waals surface area contributed by atoms with E-state index in [0.29, 0.717) is 0 Å². The van der Waals surface area contributed by atoms with Crippen molar-refractivity contribution >= 4 is 0 Å². The number of methoxy groups -OCH3 is 2. The van der Waals surface area contributed by atoms with Crippen LogP contribution in [0.5, 0.6) is 11.5 Å². The molecule has 0 spiro atoms. The summed E-state index contributed by atoms with van der Waals surface area (Å²) in [6.07, 6.45) is 0.285. The summed E-state index contributed by atoms with van der Waals surface area (Å²) >= 11 is 0. The highest BCUT2D eigenvalue weighted by Gasteiger charge is 2.04. The van der Waals surface area contributed by atoms with Gasteiger partial charge in [0.25, 0.3) is 0 Å². The van der Waals surface area contributed by atoms with E-state index in [2.05, 4.69) is 5.32 Å². The van der Waals surface area contributed by atoms with Gasteiger partial charge in [-0.05, 0) is 31.5 Å². The van der Waals surface area contributed by atoms with E-state index in [1.54, 1.807) is 14.2 Å². The second-order valence-corrected chi connectivity index (χ2v) is 4.29. The van der Waals surface area contributed by atoms with Gasteiger partial charge in [0, 0.05) is 13.1 Å². The van der Waals surface area contributed by atoms with Crippen LogP contribution in [0.1, 0.15) is 19.4 Å². The summed E-state index contributed by atoms with van der Waals surface area (Å²) in [5, 5.41) is 3.32. The predicted octanol–water partition coefficient (Wildman–Crippen LogP) is 2.22. The van der Waals surface area contributed by atoms with Gasteiger partial charge in [0.2, 0.25) is 0 Å². The largest absolute Gasteiger partial charge is 0.493 e. The van der Waals surface area contributed by atoms with Crippen LogP contribution in [-0.4, -0.2) is 33.5 Å². The fourth-order valence-corrected chi connectivity index (χ4v) is 1.59. The van der Waals surface area contributed by atoms with Crippen molar-refractivity contribution < 1.29 is 14.2 Å². The lowest BCUT2D eigenvalue weighted by Crippen LogP contribution is -2.20. The second kappa shape index (κ2) is 7.95. The molecule has 0 aliphatic rings. The van der Waals surface area contributed by atoms with Gasteiger partial charge in [0.1, 0.15) is 0 Å². The van der Waals surface area contributed by atoms with E-state index in [1.165, 1.54) is 0 Å². The van der Waals surface area contributed by atoms with Crippen LogP contribution in [0.15, 0.2) is 18.2 Å². The first kappa shape index (κ1) is 14.8. The number of benzene rings is 1. The van der Waals surface area contributed by atoms with Gasteiger partial charge >= 0.3 is 0 Å². The summed E-state index contributed by atoms with van der Waals surface area (Å²) in [6, 6.07) is 5.92. The van der Waals surface area contributed by atoms with E-state index in [1.807, 2.05) is 32.0 Å². The van der Waals surface area contributed by atoms with E-state index in [4.69, 9.17) is 14.2 Å². The van der Waals surface area contributed by atoms with Gasteiger partial charge in [-0.3, -0.25) is 0 Å². The molecule has 0 bridgehead atoms. The molecule has 0 radical (unpaired) electrons. The molecule has 0 amide bonds. The zero-order valence-corrected chi connectivity index (χ0v) is 11.7. The van der Waals surface area contributed by atoms with Gasteiger partial charge in [-0.1, -0.05) is 6.07 Å². The van der Waals surface area contributed by atoms with Gasteiger partial charge in [0.15, 0.2) is 11.5 Å². The van der Waals surface area contributed by atoms with Crippen LogP contribution >= 0.6 is 0 Å². The standard InChI is InChI=1S/C14H23NO3/c1-11(2)18-8-7-15-10-12-5-6-13(16-3)14(9-12)17-4/h5-6,9,11,15H,7-8,10H2,1-4H3. The first-order valence-electron chi connectivity index (χ1n) is 6.20. The number of rotatable bonds is 8. The lowest BCUT2D eigenvalue weighted by atomic mass is 10.2. The molecular weight excluding hydrogens is 230 g/mol. The Bertz CT molecular complexity index is 353. The minimum Gasteiger partial charge on any atom is -0.493 e. The zero-order chi connectivity index (χ0) is 13.4. The lowest BCUT2D eigenvalue weighted by molar-refractivity contribution is 0.0807. The van der Waals surface area contributed by atoms with Crippen molar-refractivity contribution in [1.82, 2.24) is 5.32 Å². The van der Waals surface area contributed by atoms with Crippen LogP contribution in [0.25, 0.3) is 0 Å². The third-order valence-electron chi connectivity index (χ3n) is 2.51. The fourth-order valence-electron chi connectivity index (χ4n) is 1.59. The van der Waals surface area contributed by atoms with E-state index in [-0.39, 0.29) is 6.10 Å². The van der Waals surface area contributed by atoms with Crippen LogP contribution in [0.3, 0.4) is 0 Å². The molecular formula is C14H23NO3. The van der Waals surface area contributed by atoms with Crippen molar-refractivity contribution in [3.8, 4) is 11.5 Å². The van der Waals surface area contributed by atoms with E-state index in [0.717, 1.165) is 36.8 Å². The van der Waals surface area contributed by atoms with Crippen molar-refractivity contribution in [3.63, 3.8) is 0 Å². The second-order valence-electron chi connectivity index (χ2n) is 4.29. The molecule has 0 aliphatic heterocycles. The maximum atomic E-state index is 5.45. The molecule has 4 nitrogen and oxygen atoms in total. The topological polar surface area (TPSA) is 39.7 Å². The van der Waals surface area contributed by atoms with Crippen molar-refractivity contribution in [2.75, 3.05) is 27.4 Å². The molecule has 0 unspecified atom stereocenters. The van der Waals surface area contributed by atoms with Gasteiger partial charge in [0.05, 0.1) is 26.9 Å². The van der Waals surface area contributed by atoms with Crippen LogP contribution in [-0.2, 0) is 11.3 Å². The molecule has 0 atom stereocenters. The van der Waals surface area contributed by atoms with Crippen LogP contribution in [0.4, 0.5) is 0 Å². The maximum absolute atomic E-state index is 5.45. The molecule has 0 fully saturated rings.